The van der Waals surface area contributed by atoms with Crippen molar-refractivity contribution in [3.8, 4) is 0 Å². The zero-order valence-corrected chi connectivity index (χ0v) is 18.2. The van der Waals surface area contributed by atoms with Crippen LogP contribution in [-0.2, 0) is 17.6 Å². The van der Waals surface area contributed by atoms with Crippen molar-refractivity contribution in [2.24, 2.45) is 5.92 Å². The van der Waals surface area contributed by atoms with Gasteiger partial charge in [-0.3, -0.25) is 4.98 Å². The number of aryl methyl sites for hydroxylation is 2. The molecule has 0 spiro atoms. The molecule has 1 aliphatic heterocycles. The smallest absolute Gasteiger partial charge is 0.410 e. The Kier molecular flexibility index (Phi) is 5.56. The van der Waals surface area contributed by atoms with E-state index < -0.39 is 5.60 Å². The summed E-state index contributed by atoms with van der Waals surface area (Å²) in [5, 5.41) is 0.793. The van der Waals surface area contributed by atoms with Crippen LogP contribution in [0, 0.1) is 5.92 Å². The van der Waals surface area contributed by atoms with E-state index in [1.807, 2.05) is 44.0 Å². The average molecular weight is 413 g/mol. The Hall–Kier alpha value is -2.07. The molecule has 2 heterocycles. The van der Waals surface area contributed by atoms with Crippen LogP contribution in [0.2, 0.25) is 5.02 Å². The van der Waals surface area contributed by atoms with Crippen molar-refractivity contribution in [1.82, 2.24) is 9.88 Å². The predicted octanol–water partition coefficient (Wildman–Crippen LogP) is 5.61. The Morgan fingerprint density at radius 1 is 1.14 bits per heavy atom. The first-order valence-corrected chi connectivity index (χ1v) is 10.9. The number of aromatic nitrogens is 1. The molecular formula is C24H29ClN2O2. The van der Waals surface area contributed by atoms with E-state index in [0.717, 1.165) is 43.8 Å². The Morgan fingerprint density at radius 2 is 1.86 bits per heavy atom. The van der Waals surface area contributed by atoms with Gasteiger partial charge in [-0.25, -0.2) is 4.79 Å². The molecule has 1 unspecified atom stereocenters. The molecule has 1 amide bonds. The van der Waals surface area contributed by atoms with Gasteiger partial charge in [0.2, 0.25) is 0 Å². The molecule has 2 aromatic rings. The number of ether oxygens (including phenoxy) is 1. The molecule has 0 N–H and O–H groups in total. The molecule has 1 fully saturated rings. The standard InChI is InChI=1S/C24H29ClN2O2/c1-24(2,3)29-23(28)27-13-10-16(11-14-27)21-20-9-8-19(25)15-18(20)7-6-17-5-4-12-26-22(17)21/h4-5,8-9,12,15-16,21H,6-7,10-11,13-14H2,1-3H3. The fourth-order valence-electron chi connectivity index (χ4n) is 4.67. The van der Waals surface area contributed by atoms with Crippen molar-refractivity contribution < 1.29 is 9.53 Å². The van der Waals surface area contributed by atoms with Crippen LogP contribution < -0.4 is 0 Å². The molecule has 4 rings (SSSR count). The molecule has 0 saturated carbocycles. The first-order valence-electron chi connectivity index (χ1n) is 10.5. The van der Waals surface area contributed by atoms with Crippen LogP contribution in [0.5, 0.6) is 0 Å². The zero-order chi connectivity index (χ0) is 20.6. The minimum Gasteiger partial charge on any atom is -0.444 e. The molecule has 4 nitrogen and oxygen atoms in total. The molecule has 1 aromatic heterocycles. The van der Waals surface area contributed by atoms with Gasteiger partial charge in [0.1, 0.15) is 5.60 Å². The van der Waals surface area contributed by atoms with Crippen LogP contribution in [0.1, 0.15) is 61.9 Å². The molecule has 5 heteroatoms. The molecule has 0 radical (unpaired) electrons. The van der Waals surface area contributed by atoms with Gasteiger partial charge >= 0.3 is 6.09 Å². The van der Waals surface area contributed by atoms with E-state index in [2.05, 4.69) is 18.2 Å². The minimum absolute atomic E-state index is 0.206. The number of amides is 1. The number of likely N-dealkylation sites (tertiary alicyclic amines) is 1. The fourth-order valence-corrected chi connectivity index (χ4v) is 4.87. The molecule has 1 aromatic carbocycles. The number of fused-ring (bicyclic) bond motifs is 2. The number of hydrogen-bond acceptors (Lipinski definition) is 3. The zero-order valence-electron chi connectivity index (χ0n) is 17.5. The van der Waals surface area contributed by atoms with Crippen molar-refractivity contribution in [2.75, 3.05) is 13.1 Å². The van der Waals surface area contributed by atoms with Crippen LogP contribution in [0.4, 0.5) is 4.79 Å². The van der Waals surface area contributed by atoms with Crippen LogP contribution in [0.25, 0.3) is 0 Å². The highest BCUT2D eigenvalue weighted by Gasteiger charge is 2.35. The topological polar surface area (TPSA) is 42.4 Å². The Labute approximate surface area is 178 Å². The van der Waals surface area contributed by atoms with Crippen molar-refractivity contribution in [1.29, 1.82) is 0 Å². The molecule has 1 atom stereocenters. The van der Waals surface area contributed by atoms with Gasteiger partial charge in [0.15, 0.2) is 0 Å². The van der Waals surface area contributed by atoms with E-state index in [0.29, 0.717) is 5.92 Å². The highest BCUT2D eigenvalue weighted by molar-refractivity contribution is 6.30. The first kappa shape index (κ1) is 20.2. The maximum Gasteiger partial charge on any atom is 0.410 e. The van der Waals surface area contributed by atoms with E-state index in [9.17, 15) is 4.79 Å². The monoisotopic (exact) mass is 412 g/mol. The number of rotatable bonds is 1. The summed E-state index contributed by atoms with van der Waals surface area (Å²) >= 11 is 6.31. The van der Waals surface area contributed by atoms with Crippen LogP contribution >= 0.6 is 11.6 Å². The summed E-state index contributed by atoms with van der Waals surface area (Å²) in [7, 11) is 0. The summed E-state index contributed by atoms with van der Waals surface area (Å²) in [6.45, 7) is 7.18. The highest BCUT2D eigenvalue weighted by Crippen LogP contribution is 2.42. The van der Waals surface area contributed by atoms with E-state index >= 15 is 0 Å². The first-order chi connectivity index (χ1) is 13.8. The summed E-state index contributed by atoms with van der Waals surface area (Å²) in [6.07, 6.45) is 5.57. The summed E-state index contributed by atoms with van der Waals surface area (Å²) in [5.41, 5.74) is 4.75. The largest absolute Gasteiger partial charge is 0.444 e. The van der Waals surface area contributed by atoms with Gasteiger partial charge in [-0.2, -0.15) is 0 Å². The lowest BCUT2D eigenvalue weighted by Gasteiger charge is -2.37. The third kappa shape index (κ3) is 4.42. The summed E-state index contributed by atoms with van der Waals surface area (Å²) < 4.78 is 5.56. The second-order valence-corrected chi connectivity index (χ2v) is 9.61. The lowest BCUT2D eigenvalue weighted by Crippen LogP contribution is -2.42. The van der Waals surface area contributed by atoms with Crippen LogP contribution in [0.15, 0.2) is 36.5 Å². The number of hydrogen-bond donors (Lipinski definition) is 0. The van der Waals surface area contributed by atoms with E-state index in [1.54, 1.807) is 0 Å². The molecule has 0 bridgehead atoms. The quantitative estimate of drug-likeness (QED) is 0.611. The van der Waals surface area contributed by atoms with Crippen molar-refractivity contribution in [3.63, 3.8) is 0 Å². The number of pyridine rings is 1. The average Bonchev–Trinajstić information content (AvgIpc) is 2.83. The number of benzene rings is 1. The fraction of sp³-hybridized carbons (Fsp3) is 0.500. The Morgan fingerprint density at radius 3 is 2.59 bits per heavy atom. The maximum atomic E-state index is 12.5. The second kappa shape index (κ2) is 7.98. The number of halogens is 1. The number of nitrogens with zero attached hydrogens (tertiary/aromatic N) is 2. The van der Waals surface area contributed by atoms with Gasteiger partial charge in [-0.15, -0.1) is 0 Å². The van der Waals surface area contributed by atoms with Crippen LogP contribution in [0.3, 0.4) is 0 Å². The lowest BCUT2D eigenvalue weighted by molar-refractivity contribution is 0.0178. The highest BCUT2D eigenvalue weighted by atomic mass is 35.5. The van der Waals surface area contributed by atoms with E-state index in [1.165, 1.54) is 22.4 Å². The van der Waals surface area contributed by atoms with Gasteiger partial charge in [0, 0.05) is 30.2 Å². The summed E-state index contributed by atoms with van der Waals surface area (Å²) in [6, 6.07) is 10.5. The van der Waals surface area contributed by atoms with Crippen LogP contribution in [-0.4, -0.2) is 34.7 Å². The predicted molar refractivity (Wildman–Crippen MR) is 115 cm³/mol. The van der Waals surface area contributed by atoms with Gasteiger partial charge in [-0.05, 0) is 87.3 Å². The number of piperidine rings is 1. The molecule has 1 saturated heterocycles. The summed E-state index contributed by atoms with van der Waals surface area (Å²) in [4.78, 5) is 19.1. The second-order valence-electron chi connectivity index (χ2n) is 9.17. The molecular weight excluding hydrogens is 384 g/mol. The normalized spacial score (nSPS) is 19.9. The van der Waals surface area contributed by atoms with E-state index in [-0.39, 0.29) is 12.0 Å². The minimum atomic E-state index is -0.462. The Balaban J connectivity index is 1.60. The van der Waals surface area contributed by atoms with Crippen molar-refractivity contribution in [2.45, 2.75) is 58.0 Å². The van der Waals surface area contributed by atoms with Gasteiger partial charge < -0.3 is 9.64 Å². The van der Waals surface area contributed by atoms with Crippen molar-refractivity contribution >= 4 is 17.7 Å². The van der Waals surface area contributed by atoms with E-state index in [4.69, 9.17) is 21.3 Å². The summed E-state index contributed by atoms with van der Waals surface area (Å²) in [5.74, 6) is 0.696. The SMILES string of the molecule is CC(C)(C)OC(=O)N1CCC(C2c3ccc(Cl)cc3CCc3cccnc32)CC1. The van der Waals surface area contributed by atoms with Crippen molar-refractivity contribution in [3.05, 3.63) is 63.9 Å². The van der Waals surface area contributed by atoms with Gasteiger partial charge in [-0.1, -0.05) is 23.7 Å². The third-order valence-corrected chi connectivity index (χ3v) is 6.22. The lowest BCUT2D eigenvalue weighted by atomic mass is 9.76. The number of carbonyl (C=O) groups excluding carboxylic acids is 1. The number of carbonyl (C=O) groups is 1. The molecule has 154 valence electrons. The molecule has 29 heavy (non-hydrogen) atoms. The third-order valence-electron chi connectivity index (χ3n) is 5.99. The Bertz CT molecular complexity index is 898. The van der Waals surface area contributed by atoms with Gasteiger partial charge in [0.05, 0.1) is 5.69 Å². The maximum absolute atomic E-state index is 12.5. The van der Waals surface area contributed by atoms with Gasteiger partial charge in [0.25, 0.3) is 0 Å². The molecule has 2 aliphatic rings. The molecule has 1 aliphatic carbocycles.